The number of nitro groups is 1. The van der Waals surface area contributed by atoms with E-state index in [-0.39, 0.29) is 5.69 Å². The first kappa shape index (κ1) is 16.9. The van der Waals surface area contributed by atoms with Gasteiger partial charge in [0.2, 0.25) is 5.89 Å². The maximum atomic E-state index is 11.0. The van der Waals surface area contributed by atoms with Crippen molar-refractivity contribution in [3.05, 3.63) is 39.7 Å². The Morgan fingerprint density at radius 1 is 1.31 bits per heavy atom. The van der Waals surface area contributed by atoms with Crippen LogP contribution in [0.4, 0.5) is 11.5 Å². The molecule has 0 aromatic carbocycles. The minimum Gasteiger partial charge on any atom is -0.355 e. The Morgan fingerprint density at radius 3 is 2.88 bits per heavy atom. The molecule has 138 valence electrons. The zero-order valence-corrected chi connectivity index (χ0v) is 14.8. The van der Waals surface area contributed by atoms with Crippen molar-refractivity contribution in [3.8, 4) is 0 Å². The van der Waals surface area contributed by atoms with E-state index in [2.05, 4.69) is 24.9 Å². The normalized spacial score (nSPS) is 18.7. The second-order valence-electron chi connectivity index (χ2n) is 7.03. The molecule has 3 heterocycles. The average molecular weight is 358 g/mol. The van der Waals surface area contributed by atoms with E-state index in [1.807, 2.05) is 0 Å². The highest BCUT2D eigenvalue weighted by molar-refractivity contribution is 5.48. The monoisotopic (exact) mass is 358 g/mol. The molecule has 1 aliphatic heterocycles. The molecule has 9 heteroatoms. The number of rotatable bonds is 5. The van der Waals surface area contributed by atoms with Crippen molar-refractivity contribution < 1.29 is 9.45 Å². The predicted molar refractivity (Wildman–Crippen MR) is 94.0 cm³/mol. The van der Waals surface area contributed by atoms with E-state index in [0.29, 0.717) is 18.0 Å². The van der Waals surface area contributed by atoms with Crippen molar-refractivity contribution in [2.24, 2.45) is 0 Å². The maximum Gasteiger partial charge on any atom is 0.290 e. The lowest BCUT2D eigenvalue weighted by Crippen LogP contribution is -2.31. The van der Waals surface area contributed by atoms with Crippen LogP contribution >= 0.6 is 0 Å². The molecule has 0 bridgehead atoms. The van der Waals surface area contributed by atoms with Crippen molar-refractivity contribution in [1.29, 1.82) is 0 Å². The van der Waals surface area contributed by atoms with E-state index in [1.165, 1.54) is 6.20 Å². The van der Waals surface area contributed by atoms with Crippen LogP contribution < -0.4 is 4.90 Å². The van der Waals surface area contributed by atoms with Crippen molar-refractivity contribution in [2.75, 3.05) is 31.1 Å². The van der Waals surface area contributed by atoms with E-state index in [4.69, 9.17) is 4.52 Å². The van der Waals surface area contributed by atoms with Crippen molar-refractivity contribution in [1.82, 2.24) is 20.0 Å². The summed E-state index contributed by atoms with van der Waals surface area (Å²) in [6, 6.07) is 1.80. The van der Waals surface area contributed by atoms with Gasteiger partial charge < -0.3 is 9.42 Å². The SMILES string of the molecule is Cc1cc(N2CCCN(Cc3noc(C4CC4)n3)CC2)ncc1[N+](=O)[O-]. The van der Waals surface area contributed by atoms with Crippen LogP contribution in [0.2, 0.25) is 0 Å². The number of aromatic nitrogens is 3. The Hall–Kier alpha value is -2.55. The zero-order valence-electron chi connectivity index (χ0n) is 14.8. The number of aryl methyl sites for hydroxylation is 1. The van der Waals surface area contributed by atoms with Crippen LogP contribution in [0.1, 0.15) is 42.5 Å². The fourth-order valence-corrected chi connectivity index (χ4v) is 3.28. The molecule has 2 aromatic heterocycles. The zero-order chi connectivity index (χ0) is 18.1. The van der Waals surface area contributed by atoms with Gasteiger partial charge in [-0.2, -0.15) is 4.98 Å². The number of hydrogen-bond acceptors (Lipinski definition) is 8. The number of pyridine rings is 1. The summed E-state index contributed by atoms with van der Waals surface area (Å²) in [6.45, 7) is 5.95. The third kappa shape index (κ3) is 3.67. The number of anilines is 1. The molecule has 0 radical (unpaired) electrons. The van der Waals surface area contributed by atoms with Crippen LogP contribution in [0.25, 0.3) is 0 Å². The van der Waals surface area contributed by atoms with Crippen LogP contribution in [-0.4, -0.2) is 51.1 Å². The average Bonchev–Trinajstić information content (AvgIpc) is 3.39. The molecule has 0 amide bonds. The molecule has 1 saturated carbocycles. The first-order valence-electron chi connectivity index (χ1n) is 9.01. The van der Waals surface area contributed by atoms with Crippen molar-refractivity contribution in [3.63, 3.8) is 0 Å². The summed E-state index contributed by atoms with van der Waals surface area (Å²) in [6.07, 6.45) is 4.65. The predicted octanol–water partition coefficient (Wildman–Crippen LogP) is 2.27. The lowest BCUT2D eigenvalue weighted by Gasteiger charge is -2.22. The summed E-state index contributed by atoms with van der Waals surface area (Å²) in [5.74, 6) is 2.81. The second kappa shape index (κ2) is 6.99. The Balaban J connectivity index is 1.38. The Morgan fingerprint density at radius 2 is 2.15 bits per heavy atom. The highest BCUT2D eigenvalue weighted by Gasteiger charge is 2.30. The van der Waals surface area contributed by atoms with Crippen LogP contribution in [-0.2, 0) is 6.54 Å². The molecule has 4 rings (SSSR count). The van der Waals surface area contributed by atoms with E-state index in [9.17, 15) is 10.1 Å². The van der Waals surface area contributed by atoms with E-state index in [0.717, 1.165) is 63.0 Å². The van der Waals surface area contributed by atoms with Crippen molar-refractivity contribution >= 4 is 11.5 Å². The highest BCUT2D eigenvalue weighted by atomic mass is 16.6. The third-order valence-corrected chi connectivity index (χ3v) is 4.95. The van der Waals surface area contributed by atoms with Gasteiger partial charge in [-0.25, -0.2) is 4.98 Å². The topological polar surface area (TPSA) is 101 Å². The largest absolute Gasteiger partial charge is 0.355 e. The van der Waals surface area contributed by atoms with Gasteiger partial charge in [-0.05, 0) is 32.3 Å². The first-order chi connectivity index (χ1) is 12.6. The molecule has 1 aliphatic carbocycles. The van der Waals surface area contributed by atoms with Crippen molar-refractivity contribution in [2.45, 2.75) is 38.6 Å². The van der Waals surface area contributed by atoms with E-state index in [1.54, 1.807) is 13.0 Å². The smallest absolute Gasteiger partial charge is 0.290 e. The second-order valence-corrected chi connectivity index (χ2v) is 7.03. The Labute approximate surface area is 151 Å². The fourth-order valence-electron chi connectivity index (χ4n) is 3.28. The van der Waals surface area contributed by atoms with Crippen LogP contribution in [0.15, 0.2) is 16.8 Å². The van der Waals surface area contributed by atoms with Gasteiger partial charge in [0.1, 0.15) is 12.0 Å². The Kier molecular flexibility index (Phi) is 4.54. The first-order valence-corrected chi connectivity index (χ1v) is 9.01. The molecule has 26 heavy (non-hydrogen) atoms. The van der Waals surface area contributed by atoms with Crippen LogP contribution in [0.3, 0.4) is 0 Å². The van der Waals surface area contributed by atoms with Gasteiger partial charge in [-0.3, -0.25) is 15.0 Å². The van der Waals surface area contributed by atoms with Gasteiger partial charge >= 0.3 is 0 Å². The lowest BCUT2D eigenvalue weighted by atomic mass is 10.2. The standard InChI is InChI=1S/C17H22N6O3/c1-12-9-16(18-10-14(12)23(24)25)22-6-2-5-21(7-8-22)11-15-19-17(26-20-15)13-3-4-13/h9-10,13H,2-8,11H2,1H3. The summed E-state index contributed by atoms with van der Waals surface area (Å²) in [7, 11) is 0. The van der Waals surface area contributed by atoms with Gasteiger partial charge in [0.05, 0.1) is 11.5 Å². The van der Waals surface area contributed by atoms with Gasteiger partial charge in [0.15, 0.2) is 5.82 Å². The van der Waals surface area contributed by atoms with Crippen LogP contribution in [0, 0.1) is 17.0 Å². The van der Waals surface area contributed by atoms with Gasteiger partial charge in [0, 0.05) is 37.7 Å². The lowest BCUT2D eigenvalue weighted by molar-refractivity contribution is -0.385. The minimum absolute atomic E-state index is 0.0637. The molecule has 0 unspecified atom stereocenters. The molecule has 9 nitrogen and oxygen atoms in total. The Bertz CT molecular complexity index is 804. The maximum absolute atomic E-state index is 11.0. The minimum atomic E-state index is -0.392. The summed E-state index contributed by atoms with van der Waals surface area (Å²) < 4.78 is 5.33. The summed E-state index contributed by atoms with van der Waals surface area (Å²) in [5, 5.41) is 15.1. The molecule has 1 saturated heterocycles. The highest BCUT2D eigenvalue weighted by Crippen LogP contribution is 2.38. The molecule has 0 atom stereocenters. The summed E-state index contributed by atoms with van der Waals surface area (Å²) in [5.41, 5.74) is 0.703. The summed E-state index contributed by atoms with van der Waals surface area (Å²) >= 11 is 0. The van der Waals surface area contributed by atoms with Crippen LogP contribution in [0.5, 0.6) is 0 Å². The molecule has 2 aliphatic rings. The fraction of sp³-hybridized carbons (Fsp3) is 0.588. The van der Waals surface area contributed by atoms with E-state index < -0.39 is 4.92 Å². The van der Waals surface area contributed by atoms with E-state index >= 15 is 0 Å². The third-order valence-electron chi connectivity index (χ3n) is 4.95. The number of nitrogens with zero attached hydrogens (tertiary/aromatic N) is 6. The van der Waals surface area contributed by atoms with Gasteiger partial charge in [0.25, 0.3) is 5.69 Å². The van der Waals surface area contributed by atoms with Gasteiger partial charge in [-0.1, -0.05) is 5.16 Å². The molecule has 2 aromatic rings. The number of hydrogen-bond donors (Lipinski definition) is 0. The molecule has 0 N–H and O–H groups in total. The molecular weight excluding hydrogens is 336 g/mol. The quantitative estimate of drug-likeness (QED) is 0.592. The summed E-state index contributed by atoms with van der Waals surface area (Å²) in [4.78, 5) is 23.9. The molecular formula is C17H22N6O3. The molecule has 0 spiro atoms. The van der Waals surface area contributed by atoms with Gasteiger partial charge in [-0.15, -0.1) is 0 Å². The molecule has 2 fully saturated rings.